The molecule has 4 N–H and O–H groups in total. The maximum atomic E-state index is 13.2. The van der Waals surface area contributed by atoms with Crippen LogP contribution in [-0.4, -0.2) is 56.5 Å². The Bertz CT molecular complexity index is 1290. The second-order valence-corrected chi connectivity index (χ2v) is 16.8. The molecule has 5 aliphatic carbocycles. The number of carbonyl (C=O) groups excluding carboxylic acids is 1. The highest BCUT2D eigenvalue weighted by Crippen LogP contribution is 2.75. The molecular weight excluding hydrogens is 576 g/mol. The normalized spacial score (nSPS) is 47.0. The number of fused-ring (bicyclic) bond motifs is 7. The summed E-state index contributed by atoms with van der Waals surface area (Å²) in [6, 6.07) is 0. The fourth-order valence-electron chi connectivity index (χ4n) is 11.9. The minimum Gasteiger partial charge on any atom is -0.481 e. The lowest BCUT2D eigenvalue weighted by Gasteiger charge is -2.71. The SMILES string of the molecule is CC1CCC2(C)CCC3(C)C(=CCC4(C)C3CCC3C(C)(C(=O)O)C(OC(=O)CC(C(=O)O)C(O)C(=O)O)CCC34C)C2C1C. The van der Waals surface area contributed by atoms with Crippen molar-refractivity contribution in [3.05, 3.63) is 11.6 Å². The summed E-state index contributed by atoms with van der Waals surface area (Å²) in [6.07, 6.45) is 6.81. The average Bonchev–Trinajstić information content (AvgIpc) is 2.95. The lowest BCUT2D eigenvalue weighted by atomic mass is 9.33. The van der Waals surface area contributed by atoms with Gasteiger partial charge < -0.3 is 25.2 Å². The molecule has 0 heterocycles. The van der Waals surface area contributed by atoms with Crippen molar-refractivity contribution in [2.45, 2.75) is 125 Å². The van der Waals surface area contributed by atoms with Crippen LogP contribution in [-0.2, 0) is 23.9 Å². The van der Waals surface area contributed by atoms with E-state index in [0.717, 1.165) is 19.3 Å². The van der Waals surface area contributed by atoms with Crippen LogP contribution >= 0.6 is 0 Å². The molecule has 0 radical (unpaired) electrons. The molecule has 0 saturated heterocycles. The van der Waals surface area contributed by atoms with Crippen LogP contribution in [0.2, 0.25) is 0 Å². The van der Waals surface area contributed by atoms with Crippen LogP contribution in [0.25, 0.3) is 0 Å². The Hall–Kier alpha value is -2.42. The summed E-state index contributed by atoms with van der Waals surface area (Å²) in [5.74, 6) is -5.32. The van der Waals surface area contributed by atoms with E-state index in [4.69, 9.17) is 9.84 Å². The first-order valence-electron chi connectivity index (χ1n) is 17.0. The van der Waals surface area contributed by atoms with E-state index in [-0.39, 0.29) is 22.2 Å². The molecule has 252 valence electrons. The van der Waals surface area contributed by atoms with Crippen molar-refractivity contribution < 1.29 is 44.3 Å². The van der Waals surface area contributed by atoms with E-state index in [1.165, 1.54) is 19.3 Å². The largest absolute Gasteiger partial charge is 0.481 e. The number of aliphatic carboxylic acids is 3. The van der Waals surface area contributed by atoms with Gasteiger partial charge in [0.05, 0.1) is 6.42 Å². The Morgan fingerprint density at radius 1 is 0.844 bits per heavy atom. The van der Waals surface area contributed by atoms with Gasteiger partial charge in [-0.15, -0.1) is 0 Å². The topological polar surface area (TPSA) is 158 Å². The standard InChI is InChI=1S/C36H54O9/c1-19-10-13-32(3)16-17-33(4)22(27(32)20(19)2)11-14-34(5)23(33)8-9-24-35(34,6)15-12-25(36(24,7)31(43)44)45-26(37)18-21(29(39)40)28(38)30(41)42/h11,19-21,23-25,27-28,38H,8-10,12-18H2,1-7H3,(H,39,40)(H,41,42)(H,43,44). The zero-order valence-electron chi connectivity index (χ0n) is 28.1. The Kier molecular flexibility index (Phi) is 8.36. The number of ether oxygens (including phenoxy) is 1. The van der Waals surface area contributed by atoms with Crippen LogP contribution in [0, 0.1) is 62.6 Å². The van der Waals surface area contributed by atoms with E-state index in [9.17, 15) is 34.5 Å². The molecule has 0 aliphatic heterocycles. The highest BCUT2D eigenvalue weighted by molar-refractivity contribution is 5.86. The Morgan fingerprint density at radius 3 is 2.09 bits per heavy atom. The molecule has 0 aromatic carbocycles. The third-order valence-electron chi connectivity index (χ3n) is 15.0. The van der Waals surface area contributed by atoms with Gasteiger partial charge >= 0.3 is 23.9 Å². The number of carbonyl (C=O) groups is 4. The maximum Gasteiger partial charge on any atom is 0.333 e. The van der Waals surface area contributed by atoms with Gasteiger partial charge in [0.15, 0.2) is 6.10 Å². The number of carboxylic acid groups (broad SMARTS) is 3. The van der Waals surface area contributed by atoms with E-state index in [1.54, 1.807) is 12.5 Å². The molecule has 0 spiro atoms. The molecule has 4 saturated carbocycles. The van der Waals surface area contributed by atoms with Crippen LogP contribution in [0.15, 0.2) is 11.6 Å². The minimum atomic E-state index is -2.28. The van der Waals surface area contributed by atoms with Crippen molar-refractivity contribution in [3.63, 3.8) is 0 Å². The summed E-state index contributed by atoms with van der Waals surface area (Å²) in [5, 5.41) is 39.2. The summed E-state index contributed by atoms with van der Waals surface area (Å²) in [6.45, 7) is 16.2. The highest BCUT2D eigenvalue weighted by atomic mass is 16.5. The van der Waals surface area contributed by atoms with Crippen LogP contribution in [0.4, 0.5) is 0 Å². The van der Waals surface area contributed by atoms with Crippen LogP contribution in [0.1, 0.15) is 113 Å². The molecule has 9 nitrogen and oxygen atoms in total. The number of aliphatic hydroxyl groups is 1. The molecule has 0 aromatic heterocycles. The molecule has 5 rings (SSSR count). The van der Waals surface area contributed by atoms with Crippen molar-refractivity contribution in [3.8, 4) is 0 Å². The van der Waals surface area contributed by atoms with Crippen LogP contribution in [0.3, 0.4) is 0 Å². The summed E-state index contributed by atoms with van der Waals surface area (Å²) in [7, 11) is 0. The van der Waals surface area contributed by atoms with E-state index in [2.05, 4.69) is 47.6 Å². The van der Waals surface area contributed by atoms with E-state index < -0.39 is 53.8 Å². The Balaban J connectivity index is 1.45. The van der Waals surface area contributed by atoms with Crippen molar-refractivity contribution in [1.82, 2.24) is 0 Å². The highest BCUT2D eigenvalue weighted by Gasteiger charge is 2.70. The minimum absolute atomic E-state index is 0.0518. The lowest BCUT2D eigenvalue weighted by Crippen LogP contribution is -2.67. The predicted octanol–water partition coefficient (Wildman–Crippen LogP) is 6.18. The maximum absolute atomic E-state index is 13.2. The first kappa shape index (κ1) is 33.9. The molecule has 0 aromatic rings. The summed E-state index contributed by atoms with van der Waals surface area (Å²) >= 11 is 0. The zero-order chi connectivity index (χ0) is 33.5. The first-order valence-corrected chi connectivity index (χ1v) is 17.0. The molecule has 13 unspecified atom stereocenters. The summed E-state index contributed by atoms with van der Waals surface area (Å²) < 4.78 is 5.74. The molecule has 13 atom stereocenters. The molecule has 0 amide bonds. The molecule has 9 heteroatoms. The van der Waals surface area contributed by atoms with Gasteiger partial charge in [0.1, 0.15) is 17.4 Å². The van der Waals surface area contributed by atoms with Gasteiger partial charge in [-0.1, -0.05) is 53.2 Å². The smallest absolute Gasteiger partial charge is 0.333 e. The second kappa shape index (κ2) is 11.1. The average molecular weight is 631 g/mol. The summed E-state index contributed by atoms with van der Waals surface area (Å²) in [5.41, 5.74) is 0.125. The number of rotatable bonds is 7. The van der Waals surface area contributed by atoms with Gasteiger partial charge in [-0.25, -0.2) is 4.79 Å². The van der Waals surface area contributed by atoms with E-state index >= 15 is 0 Å². The molecule has 0 bridgehead atoms. The molecule has 5 aliphatic rings. The molecule has 45 heavy (non-hydrogen) atoms. The van der Waals surface area contributed by atoms with Gasteiger partial charge in [0, 0.05) is 0 Å². The first-order chi connectivity index (χ1) is 20.8. The fourth-order valence-corrected chi connectivity index (χ4v) is 11.9. The lowest BCUT2D eigenvalue weighted by molar-refractivity contribution is -0.229. The van der Waals surface area contributed by atoms with Gasteiger partial charge in [0.2, 0.25) is 0 Å². The number of carboxylic acids is 3. The Labute approximate surface area is 267 Å². The second-order valence-electron chi connectivity index (χ2n) is 16.8. The van der Waals surface area contributed by atoms with Crippen molar-refractivity contribution in [2.24, 2.45) is 62.6 Å². The summed E-state index contributed by atoms with van der Waals surface area (Å²) in [4.78, 5) is 49.0. The number of hydrogen-bond acceptors (Lipinski definition) is 6. The van der Waals surface area contributed by atoms with Crippen LogP contribution in [0.5, 0.6) is 0 Å². The molecular formula is C36H54O9. The number of hydrogen-bond donors (Lipinski definition) is 4. The third-order valence-corrected chi connectivity index (χ3v) is 15.0. The number of allylic oxidation sites excluding steroid dienone is 2. The van der Waals surface area contributed by atoms with Gasteiger partial charge in [-0.2, -0.15) is 0 Å². The van der Waals surface area contributed by atoms with E-state index in [0.29, 0.717) is 48.3 Å². The van der Waals surface area contributed by atoms with Crippen molar-refractivity contribution in [2.75, 3.05) is 0 Å². The fraction of sp³-hybridized carbons (Fsp3) is 0.833. The monoisotopic (exact) mass is 630 g/mol. The Morgan fingerprint density at radius 2 is 1.49 bits per heavy atom. The third kappa shape index (κ3) is 4.79. The predicted molar refractivity (Wildman–Crippen MR) is 166 cm³/mol. The van der Waals surface area contributed by atoms with Crippen LogP contribution < -0.4 is 0 Å². The number of esters is 1. The zero-order valence-corrected chi connectivity index (χ0v) is 28.1. The van der Waals surface area contributed by atoms with E-state index in [1.807, 2.05) is 0 Å². The van der Waals surface area contributed by atoms with Crippen molar-refractivity contribution >= 4 is 23.9 Å². The van der Waals surface area contributed by atoms with Gasteiger partial charge in [-0.3, -0.25) is 14.4 Å². The number of aliphatic hydroxyl groups excluding tert-OH is 1. The van der Waals surface area contributed by atoms with Gasteiger partial charge in [0.25, 0.3) is 0 Å². The quantitative estimate of drug-likeness (QED) is 0.190. The van der Waals surface area contributed by atoms with Crippen molar-refractivity contribution in [1.29, 1.82) is 0 Å². The van der Waals surface area contributed by atoms with Gasteiger partial charge in [-0.05, 0) is 116 Å². The molecule has 4 fully saturated rings.